The second-order valence-electron chi connectivity index (χ2n) is 4.99. The van der Waals surface area contributed by atoms with Gasteiger partial charge >= 0.3 is 0 Å². The van der Waals surface area contributed by atoms with Gasteiger partial charge in [0.15, 0.2) is 0 Å². The highest BCUT2D eigenvalue weighted by molar-refractivity contribution is 5.54. The molecule has 2 atom stereocenters. The molecule has 0 spiro atoms. The lowest BCUT2D eigenvalue weighted by atomic mass is 9.98. The number of hydrogen-bond donors (Lipinski definition) is 0. The van der Waals surface area contributed by atoms with Gasteiger partial charge in [0.1, 0.15) is 12.0 Å². The van der Waals surface area contributed by atoms with Crippen LogP contribution in [-0.4, -0.2) is 13.4 Å². The number of ether oxygens (including phenoxy) is 2. The minimum Gasteiger partial charge on any atom is -0.497 e. The third kappa shape index (κ3) is 4.17. The lowest BCUT2D eigenvalue weighted by Crippen LogP contribution is -2.14. The van der Waals surface area contributed by atoms with Gasteiger partial charge in [-0.1, -0.05) is 49.4 Å². The summed E-state index contributed by atoms with van der Waals surface area (Å²) < 4.78 is 11.1. The molecule has 0 bridgehead atoms. The Kier molecular flexibility index (Phi) is 5.52. The van der Waals surface area contributed by atoms with Gasteiger partial charge < -0.3 is 14.3 Å². The number of hydrogen-bond acceptors (Lipinski definition) is 3. The topological polar surface area (TPSA) is 35.5 Å². The average molecular weight is 284 g/mol. The Morgan fingerprint density at radius 3 is 2.29 bits per heavy atom. The van der Waals surface area contributed by atoms with Crippen molar-refractivity contribution in [1.29, 1.82) is 0 Å². The van der Waals surface area contributed by atoms with Crippen molar-refractivity contribution in [3.63, 3.8) is 0 Å². The van der Waals surface area contributed by atoms with Gasteiger partial charge in [-0.15, -0.1) is 0 Å². The van der Waals surface area contributed by atoms with E-state index in [1.54, 1.807) is 7.11 Å². The van der Waals surface area contributed by atoms with Crippen LogP contribution in [0.3, 0.4) is 0 Å². The number of rotatable bonds is 7. The van der Waals surface area contributed by atoms with Crippen LogP contribution in [0.1, 0.15) is 24.2 Å². The van der Waals surface area contributed by atoms with Crippen LogP contribution in [-0.2, 0) is 16.1 Å². The van der Waals surface area contributed by atoms with E-state index in [2.05, 4.69) is 0 Å². The number of carbonyl (C=O) groups excluding carboxylic acids is 1. The van der Waals surface area contributed by atoms with E-state index in [0.717, 1.165) is 23.2 Å². The van der Waals surface area contributed by atoms with Crippen molar-refractivity contribution in [3.8, 4) is 5.75 Å². The second-order valence-corrected chi connectivity index (χ2v) is 4.99. The fourth-order valence-electron chi connectivity index (χ4n) is 2.17. The Morgan fingerprint density at radius 1 is 1.05 bits per heavy atom. The van der Waals surface area contributed by atoms with Crippen LogP contribution >= 0.6 is 0 Å². The van der Waals surface area contributed by atoms with E-state index in [-0.39, 0.29) is 12.0 Å². The van der Waals surface area contributed by atoms with Gasteiger partial charge in [0.05, 0.1) is 19.8 Å². The van der Waals surface area contributed by atoms with Crippen LogP contribution in [0.15, 0.2) is 54.6 Å². The first kappa shape index (κ1) is 15.3. The normalized spacial score (nSPS) is 13.4. The minimum atomic E-state index is -0.231. The number of aldehydes is 1. The fraction of sp³-hybridized carbons (Fsp3) is 0.278. The number of carbonyl (C=O) groups is 1. The first-order chi connectivity index (χ1) is 10.2. The maximum atomic E-state index is 11.1. The molecule has 0 N–H and O–H groups in total. The van der Waals surface area contributed by atoms with Gasteiger partial charge in [0.2, 0.25) is 0 Å². The Morgan fingerprint density at radius 2 is 1.71 bits per heavy atom. The van der Waals surface area contributed by atoms with Crippen molar-refractivity contribution in [2.45, 2.75) is 19.6 Å². The summed E-state index contributed by atoms with van der Waals surface area (Å²) in [5.74, 6) is 0.630. The molecule has 0 amide bonds. The third-order valence-electron chi connectivity index (χ3n) is 3.41. The summed E-state index contributed by atoms with van der Waals surface area (Å²) in [4.78, 5) is 11.1. The van der Waals surface area contributed by atoms with Crippen LogP contribution < -0.4 is 4.74 Å². The highest BCUT2D eigenvalue weighted by Gasteiger charge is 2.19. The SMILES string of the molecule is COc1ccc(CO[C@@H](c2ccccc2)[C@@H](C)C=O)cc1. The summed E-state index contributed by atoms with van der Waals surface area (Å²) in [7, 11) is 1.64. The molecule has 110 valence electrons. The van der Waals surface area contributed by atoms with E-state index in [9.17, 15) is 4.79 Å². The van der Waals surface area contributed by atoms with Gasteiger partial charge in [-0.05, 0) is 23.3 Å². The van der Waals surface area contributed by atoms with Crippen LogP contribution in [0, 0.1) is 5.92 Å². The molecule has 0 saturated carbocycles. The highest BCUT2D eigenvalue weighted by atomic mass is 16.5. The first-order valence-corrected chi connectivity index (χ1v) is 6.99. The van der Waals surface area contributed by atoms with Gasteiger partial charge in [-0.2, -0.15) is 0 Å². The van der Waals surface area contributed by atoms with Gasteiger partial charge in [-0.25, -0.2) is 0 Å². The summed E-state index contributed by atoms with van der Waals surface area (Å²) >= 11 is 0. The zero-order valence-corrected chi connectivity index (χ0v) is 12.4. The standard InChI is InChI=1S/C18H20O3/c1-14(12-19)18(16-6-4-3-5-7-16)21-13-15-8-10-17(20-2)11-9-15/h3-12,14,18H,13H2,1-2H3/t14-,18+/m0/s1. The molecule has 0 aliphatic carbocycles. The van der Waals surface area contributed by atoms with E-state index in [1.165, 1.54) is 0 Å². The van der Waals surface area contributed by atoms with Crippen molar-refractivity contribution in [1.82, 2.24) is 0 Å². The van der Waals surface area contributed by atoms with Gasteiger partial charge in [-0.3, -0.25) is 0 Å². The van der Waals surface area contributed by atoms with E-state index in [1.807, 2.05) is 61.5 Å². The maximum Gasteiger partial charge on any atom is 0.125 e. The fourth-order valence-corrected chi connectivity index (χ4v) is 2.17. The summed E-state index contributed by atoms with van der Waals surface area (Å²) in [6.07, 6.45) is 0.705. The molecule has 0 aliphatic heterocycles. The molecule has 3 nitrogen and oxygen atoms in total. The zero-order chi connectivity index (χ0) is 15.1. The van der Waals surface area contributed by atoms with Crippen molar-refractivity contribution < 1.29 is 14.3 Å². The monoisotopic (exact) mass is 284 g/mol. The molecule has 3 heteroatoms. The minimum absolute atomic E-state index is 0.189. The smallest absolute Gasteiger partial charge is 0.125 e. The molecule has 0 saturated heterocycles. The van der Waals surface area contributed by atoms with E-state index >= 15 is 0 Å². The Hall–Kier alpha value is -2.13. The molecule has 0 aliphatic rings. The summed E-state index contributed by atoms with van der Waals surface area (Å²) in [6, 6.07) is 17.6. The van der Waals surface area contributed by atoms with Crippen molar-refractivity contribution in [2.24, 2.45) is 5.92 Å². The Bertz CT molecular complexity index is 548. The van der Waals surface area contributed by atoms with E-state index < -0.39 is 0 Å². The molecular formula is C18H20O3. The Balaban J connectivity index is 2.06. The summed E-state index contributed by atoms with van der Waals surface area (Å²) in [5.41, 5.74) is 2.07. The third-order valence-corrected chi connectivity index (χ3v) is 3.41. The van der Waals surface area contributed by atoms with Crippen LogP contribution in [0.25, 0.3) is 0 Å². The van der Waals surface area contributed by atoms with Crippen molar-refractivity contribution in [2.75, 3.05) is 7.11 Å². The van der Waals surface area contributed by atoms with E-state index in [4.69, 9.17) is 9.47 Å². The first-order valence-electron chi connectivity index (χ1n) is 6.99. The quantitative estimate of drug-likeness (QED) is 0.726. The van der Waals surface area contributed by atoms with Crippen LogP contribution in [0.4, 0.5) is 0 Å². The lowest BCUT2D eigenvalue weighted by Gasteiger charge is -2.21. The van der Waals surface area contributed by atoms with Gasteiger partial charge in [0.25, 0.3) is 0 Å². The highest BCUT2D eigenvalue weighted by Crippen LogP contribution is 2.26. The summed E-state index contributed by atoms with van der Waals surface area (Å²) in [6.45, 7) is 2.33. The van der Waals surface area contributed by atoms with E-state index in [0.29, 0.717) is 6.61 Å². The second kappa shape index (κ2) is 7.60. The molecular weight excluding hydrogens is 264 g/mol. The van der Waals surface area contributed by atoms with Gasteiger partial charge in [0, 0.05) is 5.92 Å². The molecule has 0 heterocycles. The molecule has 0 fully saturated rings. The molecule has 2 rings (SSSR count). The lowest BCUT2D eigenvalue weighted by molar-refractivity contribution is -0.116. The van der Waals surface area contributed by atoms with Crippen LogP contribution in [0.5, 0.6) is 5.75 Å². The van der Waals surface area contributed by atoms with Crippen LogP contribution in [0.2, 0.25) is 0 Å². The predicted molar refractivity (Wildman–Crippen MR) is 82.2 cm³/mol. The number of benzene rings is 2. The Labute approximate surface area is 125 Å². The zero-order valence-electron chi connectivity index (χ0n) is 12.4. The molecule has 21 heavy (non-hydrogen) atoms. The van der Waals surface area contributed by atoms with Crippen molar-refractivity contribution >= 4 is 6.29 Å². The molecule has 0 aromatic heterocycles. The largest absolute Gasteiger partial charge is 0.497 e. The molecule has 2 aromatic rings. The number of methoxy groups -OCH3 is 1. The average Bonchev–Trinajstić information content (AvgIpc) is 2.56. The maximum absolute atomic E-state index is 11.1. The molecule has 0 unspecified atom stereocenters. The predicted octanol–water partition coefficient (Wildman–Crippen LogP) is 3.79. The van der Waals surface area contributed by atoms with Crippen molar-refractivity contribution in [3.05, 3.63) is 65.7 Å². The molecule has 2 aromatic carbocycles. The summed E-state index contributed by atoms with van der Waals surface area (Å²) in [5, 5.41) is 0. The molecule has 0 radical (unpaired) electrons.